The number of carbonyl (C=O) groups is 3. The second-order valence-corrected chi connectivity index (χ2v) is 4.47. The number of methoxy groups -OCH3 is 2. The highest BCUT2D eigenvalue weighted by atomic mass is 16.6. The molecule has 1 atom stereocenters. The summed E-state index contributed by atoms with van der Waals surface area (Å²) in [7, 11) is 2.67. The third kappa shape index (κ3) is 5.20. The van der Waals surface area contributed by atoms with Gasteiger partial charge in [-0.25, -0.2) is 9.59 Å². The number of ether oxygens (including phenoxy) is 3. The molecule has 0 radical (unpaired) electrons. The SMILES string of the molecule is COc1cc(/C=C/C(=O)O[C@@H](CC(=O)O)C(=O)O)cc(OC)c1O. The van der Waals surface area contributed by atoms with Crippen molar-refractivity contribution in [2.24, 2.45) is 0 Å². The minimum absolute atomic E-state index is 0.108. The van der Waals surface area contributed by atoms with Gasteiger partial charge >= 0.3 is 17.9 Å². The first kappa shape index (κ1) is 18.8. The van der Waals surface area contributed by atoms with Gasteiger partial charge < -0.3 is 29.5 Å². The van der Waals surface area contributed by atoms with Gasteiger partial charge in [0.15, 0.2) is 11.5 Å². The van der Waals surface area contributed by atoms with Crippen LogP contribution in [0, 0.1) is 0 Å². The molecular weight excluding hydrogens is 324 g/mol. The monoisotopic (exact) mass is 340 g/mol. The minimum atomic E-state index is -1.79. The molecule has 0 bridgehead atoms. The van der Waals surface area contributed by atoms with E-state index in [2.05, 4.69) is 4.74 Å². The van der Waals surface area contributed by atoms with E-state index in [1.807, 2.05) is 0 Å². The highest BCUT2D eigenvalue weighted by Gasteiger charge is 2.24. The number of esters is 1. The fourth-order valence-corrected chi connectivity index (χ4v) is 1.69. The summed E-state index contributed by atoms with van der Waals surface area (Å²) in [5, 5.41) is 27.1. The van der Waals surface area contributed by atoms with Gasteiger partial charge in [-0.3, -0.25) is 4.79 Å². The summed E-state index contributed by atoms with van der Waals surface area (Å²) in [6.07, 6.45) is -0.450. The number of carbonyl (C=O) groups excluding carboxylic acids is 1. The molecule has 0 aliphatic heterocycles. The van der Waals surface area contributed by atoms with Crippen LogP contribution in [0.25, 0.3) is 6.08 Å². The molecule has 9 nitrogen and oxygen atoms in total. The molecule has 9 heteroatoms. The number of carboxylic acid groups (broad SMARTS) is 2. The van der Waals surface area contributed by atoms with E-state index >= 15 is 0 Å². The van der Waals surface area contributed by atoms with Crippen LogP contribution in [-0.2, 0) is 19.1 Å². The van der Waals surface area contributed by atoms with E-state index in [1.54, 1.807) is 0 Å². The molecule has 0 aliphatic rings. The molecule has 0 saturated heterocycles. The smallest absolute Gasteiger partial charge is 0.345 e. The van der Waals surface area contributed by atoms with Gasteiger partial charge in [0, 0.05) is 6.08 Å². The Morgan fingerprint density at radius 1 is 1.12 bits per heavy atom. The number of rotatable bonds is 8. The lowest BCUT2D eigenvalue weighted by Crippen LogP contribution is -2.28. The van der Waals surface area contributed by atoms with E-state index < -0.39 is 30.4 Å². The third-order valence-corrected chi connectivity index (χ3v) is 2.81. The maximum absolute atomic E-state index is 11.6. The van der Waals surface area contributed by atoms with Crippen molar-refractivity contribution in [1.29, 1.82) is 0 Å². The highest BCUT2D eigenvalue weighted by molar-refractivity contribution is 5.90. The van der Waals surface area contributed by atoms with Crippen molar-refractivity contribution in [3.05, 3.63) is 23.8 Å². The van der Waals surface area contributed by atoms with Crippen molar-refractivity contribution in [3.8, 4) is 17.2 Å². The zero-order valence-electron chi connectivity index (χ0n) is 12.9. The standard InChI is InChI=1S/C15H16O9/c1-22-9-5-8(6-10(23-2)14(9)19)3-4-13(18)24-11(15(20)21)7-12(16)17/h3-6,11,19H,7H2,1-2H3,(H,16,17)(H,20,21)/b4-3+/t11-/m0/s1. The molecule has 0 spiro atoms. The Hall–Kier alpha value is -3.23. The number of phenolic OH excluding ortho intramolecular Hbond substituents is 1. The largest absolute Gasteiger partial charge is 0.502 e. The van der Waals surface area contributed by atoms with Crippen molar-refractivity contribution < 1.29 is 43.9 Å². The van der Waals surface area contributed by atoms with Crippen molar-refractivity contribution in [1.82, 2.24) is 0 Å². The zero-order valence-corrected chi connectivity index (χ0v) is 12.9. The maximum Gasteiger partial charge on any atom is 0.345 e. The first-order chi connectivity index (χ1) is 11.3. The average Bonchev–Trinajstić information content (AvgIpc) is 2.52. The van der Waals surface area contributed by atoms with Gasteiger partial charge in [-0.2, -0.15) is 0 Å². The van der Waals surface area contributed by atoms with E-state index in [-0.39, 0.29) is 17.2 Å². The third-order valence-electron chi connectivity index (χ3n) is 2.81. The number of aliphatic carboxylic acids is 2. The fraction of sp³-hybridized carbons (Fsp3) is 0.267. The van der Waals surface area contributed by atoms with E-state index in [0.717, 1.165) is 6.08 Å². The molecule has 3 N–H and O–H groups in total. The van der Waals surface area contributed by atoms with Gasteiger partial charge in [0.2, 0.25) is 11.9 Å². The summed E-state index contributed by atoms with van der Waals surface area (Å²) in [4.78, 5) is 33.0. The summed E-state index contributed by atoms with van der Waals surface area (Å²) in [6, 6.07) is 2.82. The number of aromatic hydroxyl groups is 1. The van der Waals surface area contributed by atoms with E-state index in [1.165, 1.54) is 32.4 Å². The molecule has 0 amide bonds. The van der Waals surface area contributed by atoms with Crippen LogP contribution in [0.5, 0.6) is 17.2 Å². The molecule has 0 fully saturated rings. The number of hydrogen-bond donors (Lipinski definition) is 3. The molecule has 0 aromatic heterocycles. The summed E-state index contributed by atoms with van der Waals surface area (Å²) >= 11 is 0. The molecule has 24 heavy (non-hydrogen) atoms. The zero-order chi connectivity index (χ0) is 18.3. The van der Waals surface area contributed by atoms with Gasteiger partial charge in [0.1, 0.15) is 0 Å². The Labute approximate surface area is 136 Å². The van der Waals surface area contributed by atoms with Gasteiger partial charge in [0.05, 0.1) is 20.6 Å². The Bertz CT molecular complexity index is 638. The van der Waals surface area contributed by atoms with Crippen LogP contribution in [0.2, 0.25) is 0 Å². The predicted octanol–water partition coefficient (Wildman–Crippen LogP) is 0.894. The van der Waals surface area contributed by atoms with Crippen LogP contribution in [-0.4, -0.2) is 53.6 Å². The van der Waals surface area contributed by atoms with Crippen LogP contribution in [0.1, 0.15) is 12.0 Å². The normalized spacial score (nSPS) is 11.8. The fourth-order valence-electron chi connectivity index (χ4n) is 1.69. The van der Waals surface area contributed by atoms with Gasteiger partial charge in [-0.15, -0.1) is 0 Å². The molecule has 1 aromatic rings. The number of hydrogen-bond acceptors (Lipinski definition) is 7. The Kier molecular flexibility index (Phi) is 6.60. The summed E-state index contributed by atoms with van der Waals surface area (Å²) < 4.78 is 14.5. The highest BCUT2D eigenvalue weighted by Crippen LogP contribution is 2.37. The molecule has 0 unspecified atom stereocenters. The first-order valence-corrected chi connectivity index (χ1v) is 6.56. The lowest BCUT2D eigenvalue weighted by atomic mass is 10.1. The van der Waals surface area contributed by atoms with Gasteiger partial charge in [-0.1, -0.05) is 0 Å². The van der Waals surface area contributed by atoms with Crippen molar-refractivity contribution >= 4 is 24.0 Å². The Morgan fingerprint density at radius 3 is 2.08 bits per heavy atom. The van der Waals surface area contributed by atoms with Gasteiger partial charge in [-0.05, 0) is 23.8 Å². The minimum Gasteiger partial charge on any atom is -0.502 e. The molecule has 1 rings (SSSR count). The van der Waals surface area contributed by atoms with Crippen LogP contribution >= 0.6 is 0 Å². The van der Waals surface area contributed by atoms with Crippen LogP contribution in [0.15, 0.2) is 18.2 Å². The predicted molar refractivity (Wildman–Crippen MR) is 80.0 cm³/mol. The lowest BCUT2D eigenvalue weighted by molar-refractivity contribution is -0.164. The molecule has 0 heterocycles. The van der Waals surface area contributed by atoms with E-state index in [4.69, 9.17) is 19.7 Å². The van der Waals surface area contributed by atoms with Crippen LogP contribution in [0.4, 0.5) is 0 Å². The number of benzene rings is 1. The summed E-state index contributed by atoms with van der Waals surface area (Å²) in [5.41, 5.74) is 0.406. The second kappa shape index (κ2) is 8.42. The van der Waals surface area contributed by atoms with Crippen LogP contribution in [0.3, 0.4) is 0 Å². The quantitative estimate of drug-likeness (QED) is 0.465. The van der Waals surface area contributed by atoms with Crippen molar-refractivity contribution in [2.75, 3.05) is 14.2 Å². The van der Waals surface area contributed by atoms with E-state index in [9.17, 15) is 19.5 Å². The molecule has 130 valence electrons. The van der Waals surface area contributed by atoms with Crippen molar-refractivity contribution in [3.63, 3.8) is 0 Å². The average molecular weight is 340 g/mol. The van der Waals surface area contributed by atoms with Crippen molar-refractivity contribution in [2.45, 2.75) is 12.5 Å². The maximum atomic E-state index is 11.6. The van der Waals surface area contributed by atoms with Crippen LogP contribution < -0.4 is 9.47 Å². The molecule has 0 aliphatic carbocycles. The Morgan fingerprint density at radius 2 is 1.67 bits per heavy atom. The molecule has 0 saturated carbocycles. The second-order valence-electron chi connectivity index (χ2n) is 4.47. The Balaban J connectivity index is 2.90. The van der Waals surface area contributed by atoms with E-state index in [0.29, 0.717) is 5.56 Å². The molecular formula is C15H16O9. The molecule has 1 aromatic carbocycles. The first-order valence-electron chi connectivity index (χ1n) is 6.56. The number of carboxylic acids is 2. The lowest BCUT2D eigenvalue weighted by Gasteiger charge is -2.10. The number of phenols is 1. The summed E-state index contributed by atoms with van der Waals surface area (Å²) in [6.45, 7) is 0. The van der Waals surface area contributed by atoms with Gasteiger partial charge in [0.25, 0.3) is 0 Å². The summed E-state index contributed by atoms with van der Waals surface area (Å²) in [5.74, 6) is -4.01. The topological polar surface area (TPSA) is 140 Å².